The van der Waals surface area contributed by atoms with Gasteiger partial charge in [-0.2, -0.15) is 0 Å². The van der Waals surface area contributed by atoms with Gasteiger partial charge in [0.2, 0.25) is 11.2 Å². The fourth-order valence-electron chi connectivity index (χ4n) is 1.71. The van der Waals surface area contributed by atoms with Crippen LogP contribution in [0.1, 0.15) is 40.5 Å². The molecule has 0 rings (SSSR count). The molecule has 0 bridgehead atoms. The summed E-state index contributed by atoms with van der Waals surface area (Å²) >= 11 is 0. The molecule has 0 saturated carbocycles. The number of ether oxygens (including phenoxy) is 2. The van der Waals surface area contributed by atoms with E-state index in [-0.39, 0.29) is 26.1 Å². The lowest BCUT2D eigenvalue weighted by atomic mass is 9.78. The maximum atomic E-state index is 11.8. The molecule has 6 nitrogen and oxygen atoms in total. The minimum absolute atomic E-state index is 0.0454. The lowest BCUT2D eigenvalue weighted by Gasteiger charge is -2.38. The van der Waals surface area contributed by atoms with Crippen molar-refractivity contribution in [3.05, 3.63) is 0 Å². The Hall–Kier alpha value is -1.14. The average molecular weight is 262 g/mol. The highest BCUT2D eigenvalue weighted by molar-refractivity contribution is 5.92. The SMILES string of the molecule is CCOC(=O)[C@](O)(CC)[C@@](O)(CC)C(=O)OCC. The first-order valence-corrected chi connectivity index (χ1v) is 6.13. The third kappa shape index (κ3) is 2.81. The van der Waals surface area contributed by atoms with Gasteiger partial charge in [-0.25, -0.2) is 9.59 Å². The molecule has 0 heterocycles. The maximum absolute atomic E-state index is 11.8. The molecular weight excluding hydrogens is 240 g/mol. The summed E-state index contributed by atoms with van der Waals surface area (Å²) in [5.41, 5.74) is -4.60. The molecule has 0 radical (unpaired) electrons. The van der Waals surface area contributed by atoms with E-state index >= 15 is 0 Å². The van der Waals surface area contributed by atoms with Gasteiger partial charge < -0.3 is 19.7 Å². The highest BCUT2D eigenvalue weighted by Gasteiger charge is 2.59. The van der Waals surface area contributed by atoms with E-state index in [2.05, 4.69) is 0 Å². The summed E-state index contributed by atoms with van der Waals surface area (Å²) in [6.45, 7) is 6.20. The largest absolute Gasteiger partial charge is 0.464 e. The van der Waals surface area contributed by atoms with Crippen LogP contribution in [0.2, 0.25) is 0 Å². The van der Waals surface area contributed by atoms with Gasteiger partial charge in [0, 0.05) is 0 Å². The van der Waals surface area contributed by atoms with Crippen molar-refractivity contribution in [2.45, 2.75) is 51.7 Å². The zero-order chi connectivity index (χ0) is 14.4. The predicted molar refractivity (Wildman–Crippen MR) is 63.7 cm³/mol. The molecule has 0 spiro atoms. The highest BCUT2D eigenvalue weighted by Crippen LogP contribution is 2.32. The van der Waals surface area contributed by atoms with Crippen LogP contribution in [0.15, 0.2) is 0 Å². The molecule has 0 saturated heterocycles. The summed E-state index contributed by atoms with van der Waals surface area (Å²) in [6, 6.07) is 0. The van der Waals surface area contributed by atoms with E-state index in [1.54, 1.807) is 13.8 Å². The predicted octanol–water partition coefficient (Wildman–Crippen LogP) is 0.395. The summed E-state index contributed by atoms with van der Waals surface area (Å²) in [7, 11) is 0. The van der Waals surface area contributed by atoms with Gasteiger partial charge in [0.05, 0.1) is 13.2 Å². The first-order chi connectivity index (χ1) is 8.33. The molecule has 18 heavy (non-hydrogen) atoms. The van der Waals surface area contributed by atoms with Crippen LogP contribution in [0.25, 0.3) is 0 Å². The smallest absolute Gasteiger partial charge is 0.341 e. The van der Waals surface area contributed by atoms with Gasteiger partial charge in [-0.3, -0.25) is 0 Å². The van der Waals surface area contributed by atoms with E-state index in [0.717, 1.165) is 0 Å². The minimum atomic E-state index is -2.30. The maximum Gasteiger partial charge on any atom is 0.341 e. The van der Waals surface area contributed by atoms with E-state index in [0.29, 0.717) is 0 Å². The second-order valence-electron chi connectivity index (χ2n) is 3.87. The Kier molecular flexibility index (Phi) is 6.28. The lowest BCUT2D eigenvalue weighted by Crippen LogP contribution is -2.64. The summed E-state index contributed by atoms with van der Waals surface area (Å²) in [5, 5.41) is 20.6. The van der Waals surface area contributed by atoms with Crippen molar-refractivity contribution in [3.63, 3.8) is 0 Å². The second kappa shape index (κ2) is 6.70. The van der Waals surface area contributed by atoms with Crippen LogP contribution in [0.3, 0.4) is 0 Å². The first-order valence-electron chi connectivity index (χ1n) is 6.13. The second-order valence-corrected chi connectivity index (χ2v) is 3.87. The van der Waals surface area contributed by atoms with Gasteiger partial charge in [0.1, 0.15) is 0 Å². The molecule has 106 valence electrons. The molecule has 0 fully saturated rings. The summed E-state index contributed by atoms with van der Waals surface area (Å²) in [5.74, 6) is -2.05. The van der Waals surface area contributed by atoms with Crippen molar-refractivity contribution >= 4 is 11.9 Å². The van der Waals surface area contributed by atoms with Crippen molar-refractivity contribution < 1.29 is 29.3 Å². The molecule has 0 aromatic rings. The normalized spacial score (nSPS) is 17.4. The number of carbonyl (C=O) groups is 2. The van der Waals surface area contributed by atoms with E-state index in [4.69, 9.17) is 9.47 Å². The minimum Gasteiger partial charge on any atom is -0.464 e. The van der Waals surface area contributed by atoms with Crippen LogP contribution in [0.4, 0.5) is 0 Å². The highest BCUT2D eigenvalue weighted by atomic mass is 16.6. The first kappa shape index (κ1) is 16.9. The number of carbonyl (C=O) groups excluding carboxylic acids is 2. The molecule has 2 atom stereocenters. The molecule has 0 aliphatic heterocycles. The van der Waals surface area contributed by atoms with Crippen molar-refractivity contribution in [1.82, 2.24) is 0 Å². The van der Waals surface area contributed by atoms with Crippen LogP contribution in [-0.4, -0.2) is 46.6 Å². The van der Waals surface area contributed by atoms with Crippen molar-refractivity contribution in [3.8, 4) is 0 Å². The molecule has 6 heteroatoms. The van der Waals surface area contributed by atoms with Crippen molar-refractivity contribution in [1.29, 1.82) is 0 Å². The Morgan fingerprint density at radius 3 is 1.28 bits per heavy atom. The number of rotatable bonds is 7. The standard InChI is InChI=1S/C12H22O6/c1-5-11(15,9(13)17-7-3)12(16,6-2)10(14)18-8-4/h15-16H,5-8H2,1-4H3/t11-,12-/m1/s1. The molecular formula is C12H22O6. The van der Waals surface area contributed by atoms with Crippen LogP contribution in [0, 0.1) is 0 Å². The van der Waals surface area contributed by atoms with Gasteiger partial charge >= 0.3 is 11.9 Å². The van der Waals surface area contributed by atoms with Crippen LogP contribution in [0.5, 0.6) is 0 Å². The molecule has 0 aromatic heterocycles. The van der Waals surface area contributed by atoms with E-state index in [9.17, 15) is 19.8 Å². The van der Waals surface area contributed by atoms with E-state index < -0.39 is 23.1 Å². The zero-order valence-electron chi connectivity index (χ0n) is 11.4. The van der Waals surface area contributed by atoms with Crippen molar-refractivity contribution in [2.75, 3.05) is 13.2 Å². The zero-order valence-corrected chi connectivity index (χ0v) is 11.4. The molecule has 2 N–H and O–H groups in total. The summed E-state index contributed by atoms with van der Waals surface area (Å²) in [4.78, 5) is 23.5. The lowest BCUT2D eigenvalue weighted by molar-refractivity contribution is -0.214. The Labute approximate surface area is 107 Å². The quantitative estimate of drug-likeness (QED) is 0.645. The Morgan fingerprint density at radius 1 is 0.833 bits per heavy atom. The number of hydrogen-bond donors (Lipinski definition) is 2. The van der Waals surface area contributed by atoms with Gasteiger partial charge in [-0.15, -0.1) is 0 Å². The number of hydrogen-bond acceptors (Lipinski definition) is 6. The van der Waals surface area contributed by atoms with Gasteiger partial charge in [0.15, 0.2) is 0 Å². The number of esters is 2. The third-order valence-corrected chi connectivity index (χ3v) is 2.93. The topological polar surface area (TPSA) is 93.1 Å². The molecule has 0 aliphatic carbocycles. The van der Waals surface area contributed by atoms with Crippen LogP contribution >= 0.6 is 0 Å². The van der Waals surface area contributed by atoms with E-state index in [1.807, 2.05) is 0 Å². The summed E-state index contributed by atoms with van der Waals surface area (Å²) < 4.78 is 9.44. The number of aliphatic hydroxyl groups is 2. The molecule has 0 amide bonds. The Morgan fingerprint density at radius 2 is 1.11 bits per heavy atom. The van der Waals surface area contributed by atoms with Gasteiger partial charge in [-0.1, -0.05) is 13.8 Å². The average Bonchev–Trinajstić information content (AvgIpc) is 2.37. The van der Waals surface area contributed by atoms with Crippen molar-refractivity contribution in [2.24, 2.45) is 0 Å². The van der Waals surface area contributed by atoms with E-state index in [1.165, 1.54) is 13.8 Å². The fourth-order valence-corrected chi connectivity index (χ4v) is 1.71. The monoisotopic (exact) mass is 262 g/mol. The Bertz CT molecular complexity index is 273. The third-order valence-electron chi connectivity index (χ3n) is 2.93. The molecule has 0 aliphatic rings. The molecule has 0 aromatic carbocycles. The fraction of sp³-hybridized carbons (Fsp3) is 0.833. The van der Waals surface area contributed by atoms with Gasteiger partial charge in [0.25, 0.3) is 0 Å². The molecule has 0 unspecified atom stereocenters. The van der Waals surface area contributed by atoms with Gasteiger partial charge in [-0.05, 0) is 26.7 Å². The van der Waals surface area contributed by atoms with Crippen LogP contribution < -0.4 is 0 Å². The summed E-state index contributed by atoms with van der Waals surface area (Å²) in [6.07, 6.45) is -0.316. The Balaban J connectivity index is 5.42. The van der Waals surface area contributed by atoms with Crippen LogP contribution in [-0.2, 0) is 19.1 Å².